The van der Waals surface area contributed by atoms with Crippen LogP contribution in [0, 0.1) is 0 Å². The molecule has 0 atom stereocenters. The number of carbonyl (C=O) groups is 1. The van der Waals surface area contributed by atoms with Gasteiger partial charge in [-0.25, -0.2) is 3.71 Å². The van der Waals surface area contributed by atoms with E-state index in [9.17, 15) is 4.79 Å². The monoisotopic (exact) mass is 413 g/mol. The first-order valence-corrected chi connectivity index (χ1v) is 14.6. The lowest BCUT2D eigenvalue weighted by molar-refractivity contribution is 0.125. The van der Waals surface area contributed by atoms with Gasteiger partial charge in [0.1, 0.15) is 0 Å². The minimum Gasteiger partial charge on any atom is -0.377 e. The van der Waals surface area contributed by atoms with Gasteiger partial charge in [0, 0.05) is 56.4 Å². The van der Waals surface area contributed by atoms with Crippen LogP contribution in [0.5, 0.6) is 0 Å². The summed E-state index contributed by atoms with van der Waals surface area (Å²) in [6.45, 7) is 0. The molecule has 1 amide bonds. The summed E-state index contributed by atoms with van der Waals surface area (Å²) >= 11 is 2.82. The summed E-state index contributed by atoms with van der Waals surface area (Å²) in [6.07, 6.45) is 3.76. The number of rotatable bonds is 11. The minimum absolute atomic E-state index is 0.0393. The second kappa shape index (κ2) is 13.1. The van der Waals surface area contributed by atoms with Gasteiger partial charge in [-0.15, -0.1) is 0 Å². The van der Waals surface area contributed by atoms with Crippen molar-refractivity contribution in [1.82, 2.24) is 3.71 Å². The Balaban J connectivity index is 3.75. The standard InChI is InChI=1S/C8H19NO4S6Si/c1-11-20(12-2,13-3)7-6-16-18-19-17-8(10)9(14-4)15-5/h6-7H2,1-5H3. The molecule has 0 radical (unpaired) electrons. The predicted octanol–water partition coefficient (Wildman–Crippen LogP) is 4.52. The number of hydrogen-bond donors (Lipinski definition) is 0. The summed E-state index contributed by atoms with van der Waals surface area (Å²) in [5.74, 6) is 0.850. The Morgan fingerprint density at radius 2 is 1.60 bits per heavy atom. The van der Waals surface area contributed by atoms with Crippen LogP contribution < -0.4 is 0 Å². The van der Waals surface area contributed by atoms with Crippen molar-refractivity contribution in [3.8, 4) is 0 Å². The topological polar surface area (TPSA) is 48.0 Å². The Labute approximate surface area is 146 Å². The van der Waals surface area contributed by atoms with Crippen molar-refractivity contribution in [2.24, 2.45) is 0 Å². The molecule has 0 aliphatic rings. The minimum atomic E-state index is -2.46. The molecule has 0 saturated carbocycles. The Morgan fingerprint density at radius 3 is 2.05 bits per heavy atom. The number of carbonyl (C=O) groups excluding carboxylic acids is 1. The Morgan fingerprint density at radius 1 is 1.05 bits per heavy atom. The highest BCUT2D eigenvalue weighted by Gasteiger charge is 2.37. The van der Waals surface area contributed by atoms with E-state index in [-0.39, 0.29) is 5.24 Å². The van der Waals surface area contributed by atoms with E-state index in [1.807, 2.05) is 12.5 Å². The molecule has 0 unspecified atom stereocenters. The fourth-order valence-electron chi connectivity index (χ4n) is 1.07. The molecule has 0 fully saturated rings. The molecule has 0 aromatic rings. The lowest BCUT2D eigenvalue weighted by atomic mass is 11.0. The van der Waals surface area contributed by atoms with Crippen LogP contribution in [0.2, 0.25) is 6.04 Å². The zero-order valence-corrected chi connectivity index (χ0v) is 17.8. The van der Waals surface area contributed by atoms with Crippen LogP contribution in [-0.4, -0.2) is 57.3 Å². The first-order chi connectivity index (χ1) is 9.59. The third-order valence-corrected chi connectivity index (χ3v) is 13.3. The molecule has 0 aliphatic heterocycles. The fourth-order valence-corrected chi connectivity index (χ4v) is 10.7. The molecule has 0 bridgehead atoms. The highest BCUT2D eigenvalue weighted by molar-refractivity contribution is 9.27. The van der Waals surface area contributed by atoms with Gasteiger partial charge in [0.25, 0.3) is 0 Å². The molecule has 0 spiro atoms. The fraction of sp³-hybridized carbons (Fsp3) is 0.875. The van der Waals surface area contributed by atoms with Crippen molar-refractivity contribution in [3.05, 3.63) is 0 Å². The van der Waals surface area contributed by atoms with E-state index in [0.29, 0.717) is 0 Å². The van der Waals surface area contributed by atoms with E-state index < -0.39 is 8.80 Å². The average Bonchev–Trinajstić information content (AvgIpc) is 2.48. The van der Waals surface area contributed by atoms with Gasteiger partial charge >= 0.3 is 14.0 Å². The average molecular weight is 414 g/mol. The molecule has 120 valence electrons. The maximum absolute atomic E-state index is 11.7. The van der Waals surface area contributed by atoms with E-state index >= 15 is 0 Å². The van der Waals surface area contributed by atoms with Crippen molar-refractivity contribution in [3.63, 3.8) is 0 Å². The van der Waals surface area contributed by atoms with E-state index in [1.165, 1.54) is 44.5 Å². The highest BCUT2D eigenvalue weighted by atomic mass is 33.7. The maximum atomic E-state index is 11.7. The summed E-state index contributed by atoms with van der Waals surface area (Å²) in [5.41, 5.74) is 0. The second-order valence-electron chi connectivity index (χ2n) is 2.97. The summed E-state index contributed by atoms with van der Waals surface area (Å²) in [5, 5.41) is 0.0393. The number of amides is 1. The number of hydrogen-bond acceptors (Lipinski definition) is 10. The van der Waals surface area contributed by atoms with Crippen molar-refractivity contribution in [2.75, 3.05) is 39.6 Å². The molecule has 0 N–H and O–H groups in total. The Hall–Kier alpha value is 1.67. The van der Waals surface area contributed by atoms with Crippen LogP contribution in [0.4, 0.5) is 4.79 Å². The molecule has 0 aromatic heterocycles. The predicted molar refractivity (Wildman–Crippen MR) is 101 cm³/mol. The van der Waals surface area contributed by atoms with Gasteiger partial charge in [-0.1, -0.05) is 10.8 Å². The molecule has 0 saturated heterocycles. The molecule has 5 nitrogen and oxygen atoms in total. The highest BCUT2D eigenvalue weighted by Crippen LogP contribution is 2.45. The summed E-state index contributed by atoms with van der Waals surface area (Å²) < 4.78 is 17.6. The molecule has 0 aromatic carbocycles. The van der Waals surface area contributed by atoms with Gasteiger partial charge in [0.15, 0.2) is 0 Å². The van der Waals surface area contributed by atoms with Crippen molar-refractivity contribution in [1.29, 1.82) is 0 Å². The Bertz CT molecular complexity index is 261. The second-order valence-corrected chi connectivity index (χ2v) is 13.7. The quantitative estimate of drug-likeness (QED) is 0.209. The maximum Gasteiger partial charge on any atom is 0.501 e. The normalized spacial score (nSPS) is 11.7. The molecular formula is C8H19NO4S6Si. The molecule has 12 heteroatoms. The zero-order chi connectivity index (χ0) is 15.4. The van der Waals surface area contributed by atoms with Crippen molar-refractivity contribution >= 4 is 79.2 Å². The van der Waals surface area contributed by atoms with Gasteiger partial charge in [-0.05, 0) is 43.5 Å². The van der Waals surface area contributed by atoms with Gasteiger partial charge in [0.05, 0.1) is 0 Å². The van der Waals surface area contributed by atoms with E-state index in [4.69, 9.17) is 13.3 Å². The number of nitrogens with zero attached hydrogens (tertiary/aromatic N) is 1. The van der Waals surface area contributed by atoms with E-state index in [1.54, 1.807) is 45.7 Å². The van der Waals surface area contributed by atoms with E-state index in [2.05, 4.69) is 0 Å². The van der Waals surface area contributed by atoms with Crippen LogP contribution in [0.3, 0.4) is 0 Å². The van der Waals surface area contributed by atoms with Crippen molar-refractivity contribution < 1.29 is 18.1 Å². The van der Waals surface area contributed by atoms with Crippen molar-refractivity contribution in [2.45, 2.75) is 6.04 Å². The van der Waals surface area contributed by atoms with Crippen LogP contribution in [0.25, 0.3) is 0 Å². The molecule has 0 heterocycles. The smallest absolute Gasteiger partial charge is 0.377 e. The summed E-state index contributed by atoms with van der Waals surface area (Å²) in [4.78, 5) is 11.7. The third-order valence-electron chi connectivity index (χ3n) is 2.09. The van der Waals surface area contributed by atoms with Gasteiger partial charge in [-0.3, -0.25) is 4.79 Å². The first kappa shape index (κ1) is 21.7. The van der Waals surface area contributed by atoms with Gasteiger partial charge in [-0.2, -0.15) is 0 Å². The summed E-state index contributed by atoms with van der Waals surface area (Å²) in [6, 6.07) is 0.745. The van der Waals surface area contributed by atoms with E-state index in [0.717, 1.165) is 11.8 Å². The molecule has 0 rings (SSSR count). The molecular weight excluding hydrogens is 395 g/mol. The zero-order valence-electron chi connectivity index (χ0n) is 11.9. The van der Waals surface area contributed by atoms with Crippen LogP contribution >= 0.6 is 65.1 Å². The Kier molecular flexibility index (Phi) is 14.2. The SMILES string of the molecule is CO[Si](CCSSSSC(=O)N(SC)SC)(OC)OC. The van der Waals surface area contributed by atoms with Crippen LogP contribution in [0.15, 0.2) is 0 Å². The van der Waals surface area contributed by atoms with Crippen LogP contribution in [0.1, 0.15) is 0 Å². The first-order valence-electron chi connectivity index (χ1n) is 5.29. The lowest BCUT2D eigenvalue weighted by Gasteiger charge is -2.23. The summed E-state index contributed by atoms with van der Waals surface area (Å²) in [7, 11) is 8.31. The van der Waals surface area contributed by atoms with Gasteiger partial charge in [0.2, 0.25) is 0 Å². The van der Waals surface area contributed by atoms with Gasteiger partial charge < -0.3 is 13.3 Å². The molecule has 0 aliphatic carbocycles. The largest absolute Gasteiger partial charge is 0.501 e. The van der Waals surface area contributed by atoms with Crippen LogP contribution in [-0.2, 0) is 13.3 Å². The lowest BCUT2D eigenvalue weighted by Crippen LogP contribution is -2.43. The molecule has 20 heavy (non-hydrogen) atoms. The third kappa shape index (κ3) is 8.34.